The number of rotatable bonds is 2. The number of likely N-dealkylation sites (N-methyl/N-ethyl adjacent to an activating group) is 1. The first kappa shape index (κ1) is 13.8. The van der Waals surface area contributed by atoms with Crippen LogP contribution in [-0.2, 0) is 9.67 Å². The summed E-state index contributed by atoms with van der Waals surface area (Å²) in [5, 5.41) is 0. The molecule has 0 saturated carbocycles. The average Bonchev–Trinajstić information content (AvgIpc) is 2.54. The summed E-state index contributed by atoms with van der Waals surface area (Å²) in [6, 6.07) is 15.9. The van der Waals surface area contributed by atoms with Gasteiger partial charge in [-0.15, -0.1) is 0 Å². The van der Waals surface area contributed by atoms with Crippen molar-refractivity contribution in [3.05, 3.63) is 65.7 Å². The van der Waals surface area contributed by atoms with E-state index in [4.69, 9.17) is 11.6 Å². The van der Waals surface area contributed by atoms with Crippen LogP contribution in [0.2, 0.25) is 0 Å². The largest absolute Gasteiger partial charge is 0.310 e. The van der Waals surface area contributed by atoms with Crippen LogP contribution in [0, 0.1) is 0 Å². The molecule has 2 aromatic rings. The quantitative estimate of drug-likeness (QED) is 0.630. The van der Waals surface area contributed by atoms with Gasteiger partial charge < -0.3 is 4.90 Å². The summed E-state index contributed by atoms with van der Waals surface area (Å²) >= 11 is 6.56. The molecule has 106 valence electrons. The SMILES string of the molecule is CCN1C(=O)[C@@](Cl)(c2ccccc2)C(=O)c2ccccc21. The minimum Gasteiger partial charge on any atom is -0.310 e. The Morgan fingerprint density at radius 3 is 2.29 bits per heavy atom. The molecule has 0 fully saturated rings. The zero-order valence-corrected chi connectivity index (χ0v) is 12.3. The van der Waals surface area contributed by atoms with E-state index in [1.54, 1.807) is 47.4 Å². The molecule has 1 aliphatic rings. The van der Waals surface area contributed by atoms with Crippen LogP contribution in [0.15, 0.2) is 54.6 Å². The van der Waals surface area contributed by atoms with Gasteiger partial charge in [-0.3, -0.25) is 9.59 Å². The van der Waals surface area contributed by atoms with Crippen LogP contribution in [0.4, 0.5) is 5.69 Å². The number of halogens is 1. The number of Topliss-reactive ketones (excluding diaryl/α,β-unsaturated/α-hetero) is 1. The maximum absolute atomic E-state index is 12.8. The molecule has 3 rings (SSSR count). The van der Waals surface area contributed by atoms with Gasteiger partial charge in [0.05, 0.1) is 5.69 Å². The number of amides is 1. The van der Waals surface area contributed by atoms with E-state index < -0.39 is 4.87 Å². The van der Waals surface area contributed by atoms with Crippen LogP contribution in [0.1, 0.15) is 22.8 Å². The number of nitrogens with zero attached hydrogens (tertiary/aromatic N) is 1. The van der Waals surface area contributed by atoms with Crippen LogP contribution >= 0.6 is 11.6 Å². The second-order valence-electron chi connectivity index (χ2n) is 4.92. The molecule has 0 aromatic heterocycles. The number of benzene rings is 2. The third-order valence-electron chi connectivity index (χ3n) is 3.78. The Kier molecular flexibility index (Phi) is 3.30. The second kappa shape index (κ2) is 5.01. The minimum absolute atomic E-state index is 0.360. The molecule has 21 heavy (non-hydrogen) atoms. The van der Waals surface area contributed by atoms with Gasteiger partial charge in [0, 0.05) is 12.1 Å². The molecule has 1 amide bonds. The fraction of sp³-hybridized carbons (Fsp3) is 0.176. The van der Waals surface area contributed by atoms with E-state index in [1.807, 2.05) is 19.1 Å². The van der Waals surface area contributed by atoms with E-state index in [0.717, 1.165) is 0 Å². The van der Waals surface area contributed by atoms with Crippen molar-refractivity contribution >= 4 is 29.0 Å². The number of carbonyl (C=O) groups excluding carboxylic acids is 2. The van der Waals surface area contributed by atoms with Gasteiger partial charge in [0.15, 0.2) is 5.78 Å². The molecule has 0 N–H and O–H groups in total. The van der Waals surface area contributed by atoms with Crippen molar-refractivity contribution in [3.8, 4) is 0 Å². The lowest BCUT2D eigenvalue weighted by molar-refractivity contribution is -0.120. The van der Waals surface area contributed by atoms with E-state index in [-0.39, 0.29) is 11.7 Å². The topological polar surface area (TPSA) is 37.4 Å². The number of hydrogen-bond acceptors (Lipinski definition) is 2. The summed E-state index contributed by atoms with van der Waals surface area (Å²) in [5.74, 6) is -0.748. The van der Waals surface area contributed by atoms with Crippen molar-refractivity contribution in [2.75, 3.05) is 11.4 Å². The summed E-state index contributed by atoms with van der Waals surface area (Å²) in [6.45, 7) is 2.33. The fourth-order valence-corrected chi connectivity index (χ4v) is 3.05. The number of fused-ring (bicyclic) bond motifs is 1. The Balaban J connectivity index is 2.25. The third-order valence-corrected chi connectivity index (χ3v) is 4.33. The first-order valence-electron chi connectivity index (χ1n) is 6.81. The second-order valence-corrected chi connectivity index (χ2v) is 5.49. The zero-order chi connectivity index (χ0) is 15.0. The highest BCUT2D eigenvalue weighted by molar-refractivity contribution is 6.51. The Morgan fingerprint density at radius 2 is 1.62 bits per heavy atom. The van der Waals surface area contributed by atoms with Crippen LogP contribution in [0.5, 0.6) is 0 Å². The molecule has 1 heterocycles. The Morgan fingerprint density at radius 1 is 1.00 bits per heavy atom. The molecule has 0 radical (unpaired) electrons. The van der Waals surface area contributed by atoms with Gasteiger partial charge in [-0.1, -0.05) is 54.1 Å². The van der Waals surface area contributed by atoms with Gasteiger partial charge >= 0.3 is 0 Å². The van der Waals surface area contributed by atoms with Crippen LogP contribution in [-0.4, -0.2) is 18.2 Å². The van der Waals surface area contributed by atoms with Gasteiger partial charge in [-0.2, -0.15) is 0 Å². The predicted molar refractivity (Wildman–Crippen MR) is 82.8 cm³/mol. The third kappa shape index (κ3) is 1.88. The minimum atomic E-state index is -1.67. The molecular weight excluding hydrogens is 286 g/mol. The summed E-state index contributed by atoms with van der Waals surface area (Å²) in [7, 11) is 0. The van der Waals surface area contributed by atoms with E-state index >= 15 is 0 Å². The fourth-order valence-electron chi connectivity index (χ4n) is 2.72. The zero-order valence-electron chi connectivity index (χ0n) is 11.5. The molecular formula is C17H14ClNO2. The molecule has 4 heteroatoms. The van der Waals surface area contributed by atoms with Crippen molar-refractivity contribution in [2.24, 2.45) is 0 Å². The molecule has 0 saturated heterocycles. The molecule has 2 aromatic carbocycles. The lowest BCUT2D eigenvalue weighted by Crippen LogP contribution is -2.52. The lowest BCUT2D eigenvalue weighted by Gasteiger charge is -2.37. The molecule has 0 unspecified atom stereocenters. The summed E-state index contributed by atoms with van der Waals surface area (Å²) < 4.78 is 0. The van der Waals surface area contributed by atoms with Gasteiger partial charge in [-0.25, -0.2) is 0 Å². The van der Waals surface area contributed by atoms with E-state index in [2.05, 4.69) is 0 Å². The van der Waals surface area contributed by atoms with Crippen molar-refractivity contribution in [2.45, 2.75) is 11.8 Å². The highest BCUT2D eigenvalue weighted by Gasteiger charge is 2.52. The van der Waals surface area contributed by atoms with Gasteiger partial charge in [0.25, 0.3) is 5.91 Å². The maximum atomic E-state index is 12.8. The first-order chi connectivity index (χ1) is 10.1. The van der Waals surface area contributed by atoms with Crippen LogP contribution in [0.3, 0.4) is 0 Å². The Hall–Kier alpha value is -2.13. The summed E-state index contributed by atoms with van der Waals surface area (Å²) in [4.78, 5) is 25.5. The van der Waals surface area contributed by atoms with Crippen LogP contribution < -0.4 is 4.90 Å². The Bertz CT molecular complexity index is 714. The molecule has 1 aliphatic heterocycles. The lowest BCUT2D eigenvalue weighted by atomic mass is 9.84. The number of carbonyl (C=O) groups is 2. The van der Waals surface area contributed by atoms with Crippen molar-refractivity contribution < 1.29 is 9.59 Å². The van der Waals surface area contributed by atoms with Crippen molar-refractivity contribution in [1.29, 1.82) is 0 Å². The van der Waals surface area contributed by atoms with E-state index in [1.165, 1.54) is 0 Å². The first-order valence-corrected chi connectivity index (χ1v) is 7.18. The number of hydrogen-bond donors (Lipinski definition) is 0. The average molecular weight is 300 g/mol. The summed E-state index contributed by atoms with van der Waals surface area (Å²) in [6.07, 6.45) is 0. The molecule has 0 aliphatic carbocycles. The standard InChI is InChI=1S/C17H14ClNO2/c1-2-19-14-11-7-6-10-13(14)15(20)17(18,16(19)21)12-8-4-3-5-9-12/h3-11H,2H2,1H3/t17-/m1/s1. The maximum Gasteiger partial charge on any atom is 0.260 e. The molecule has 0 spiro atoms. The number of ketones is 1. The highest BCUT2D eigenvalue weighted by Crippen LogP contribution is 2.42. The van der Waals surface area contributed by atoms with E-state index in [9.17, 15) is 9.59 Å². The number of para-hydroxylation sites is 1. The van der Waals surface area contributed by atoms with Crippen molar-refractivity contribution in [1.82, 2.24) is 0 Å². The van der Waals surface area contributed by atoms with Crippen LogP contribution in [0.25, 0.3) is 0 Å². The summed E-state index contributed by atoms with van der Waals surface area (Å²) in [5.41, 5.74) is 1.62. The monoisotopic (exact) mass is 299 g/mol. The highest BCUT2D eigenvalue weighted by atomic mass is 35.5. The number of alkyl halides is 1. The van der Waals surface area contributed by atoms with Gasteiger partial charge in [0.2, 0.25) is 4.87 Å². The van der Waals surface area contributed by atoms with Gasteiger partial charge in [0.1, 0.15) is 0 Å². The molecule has 3 nitrogen and oxygen atoms in total. The number of anilines is 1. The smallest absolute Gasteiger partial charge is 0.260 e. The molecule has 0 bridgehead atoms. The predicted octanol–water partition coefficient (Wildman–Crippen LogP) is 3.37. The van der Waals surface area contributed by atoms with Crippen molar-refractivity contribution in [3.63, 3.8) is 0 Å². The van der Waals surface area contributed by atoms with E-state index in [0.29, 0.717) is 23.4 Å². The van der Waals surface area contributed by atoms with Gasteiger partial charge in [-0.05, 0) is 24.6 Å². The Labute approximate surface area is 128 Å². The normalized spacial score (nSPS) is 21.3. The molecule has 1 atom stereocenters.